The summed E-state index contributed by atoms with van der Waals surface area (Å²) in [7, 11) is 0. The van der Waals surface area contributed by atoms with Crippen molar-refractivity contribution < 1.29 is 19.4 Å². The molecule has 0 heterocycles. The summed E-state index contributed by atoms with van der Waals surface area (Å²) in [4.78, 5) is 22.9. The van der Waals surface area contributed by atoms with E-state index in [4.69, 9.17) is 27.9 Å². The molecule has 2 N–H and O–H groups in total. The van der Waals surface area contributed by atoms with E-state index in [1.807, 2.05) is 0 Å². The first kappa shape index (κ1) is 16.6. The average Bonchev–Trinajstić information content (AvgIpc) is 2.21. The lowest BCUT2D eigenvalue weighted by atomic mass is 10.1. The molecule has 0 radical (unpaired) electrons. The number of carbonyl (C=O) groups is 2. The molecule has 7 heteroatoms. The molecule has 1 atom stereocenters. The van der Waals surface area contributed by atoms with E-state index in [0.717, 1.165) is 0 Å². The summed E-state index contributed by atoms with van der Waals surface area (Å²) in [5, 5.41) is 12.0. The van der Waals surface area contributed by atoms with Gasteiger partial charge >= 0.3 is 12.1 Å². The number of halogens is 2. The minimum Gasteiger partial charge on any atom is -0.479 e. The molecule has 1 rings (SSSR count). The molecule has 0 aliphatic carbocycles. The molecule has 0 saturated carbocycles. The molecule has 1 aromatic carbocycles. The number of hydrogen-bond acceptors (Lipinski definition) is 3. The molecule has 0 aliphatic rings. The van der Waals surface area contributed by atoms with Gasteiger partial charge in [-0.1, -0.05) is 23.2 Å². The molecular formula is C13H15Cl2NO4. The number of carboxylic acids is 1. The number of nitrogens with one attached hydrogen (secondary N) is 1. The molecule has 0 unspecified atom stereocenters. The van der Waals surface area contributed by atoms with Gasteiger partial charge in [-0.2, -0.15) is 0 Å². The summed E-state index contributed by atoms with van der Waals surface area (Å²) < 4.78 is 5.02. The van der Waals surface area contributed by atoms with Crippen LogP contribution in [0.3, 0.4) is 0 Å². The van der Waals surface area contributed by atoms with Crippen LogP contribution in [0, 0.1) is 0 Å². The normalized spacial score (nSPS) is 12.7. The van der Waals surface area contributed by atoms with Crippen molar-refractivity contribution in [3.05, 3.63) is 33.8 Å². The molecule has 0 saturated heterocycles. The second kappa shape index (κ2) is 6.33. The maximum absolute atomic E-state index is 11.7. The summed E-state index contributed by atoms with van der Waals surface area (Å²) in [6, 6.07) is 3.02. The minimum absolute atomic E-state index is 0.265. The van der Waals surface area contributed by atoms with Gasteiger partial charge < -0.3 is 15.2 Å². The third kappa shape index (κ3) is 5.27. The predicted molar refractivity (Wildman–Crippen MR) is 76.2 cm³/mol. The highest BCUT2D eigenvalue weighted by molar-refractivity contribution is 6.34. The summed E-state index contributed by atoms with van der Waals surface area (Å²) in [6.45, 7) is 5.04. The number of carboxylic acid groups (broad SMARTS) is 1. The van der Waals surface area contributed by atoms with Crippen LogP contribution in [0.2, 0.25) is 10.0 Å². The van der Waals surface area contributed by atoms with E-state index in [-0.39, 0.29) is 15.6 Å². The van der Waals surface area contributed by atoms with Gasteiger partial charge in [0.25, 0.3) is 0 Å². The van der Waals surface area contributed by atoms with Crippen molar-refractivity contribution in [3.63, 3.8) is 0 Å². The van der Waals surface area contributed by atoms with E-state index in [0.29, 0.717) is 0 Å². The maximum Gasteiger partial charge on any atom is 0.408 e. The maximum atomic E-state index is 11.7. The Morgan fingerprint density at radius 1 is 1.20 bits per heavy atom. The first-order chi connectivity index (χ1) is 9.08. The number of benzene rings is 1. The van der Waals surface area contributed by atoms with E-state index < -0.39 is 23.7 Å². The van der Waals surface area contributed by atoms with Gasteiger partial charge in [0.05, 0.1) is 0 Å². The van der Waals surface area contributed by atoms with Crippen molar-refractivity contribution in [1.29, 1.82) is 0 Å². The molecule has 1 aromatic rings. The van der Waals surface area contributed by atoms with E-state index in [2.05, 4.69) is 5.32 Å². The Hall–Kier alpha value is -1.46. The molecule has 0 fully saturated rings. The second-order valence-electron chi connectivity index (χ2n) is 5.12. The van der Waals surface area contributed by atoms with Crippen molar-refractivity contribution >= 4 is 35.3 Å². The van der Waals surface area contributed by atoms with Crippen LogP contribution in [0.1, 0.15) is 32.4 Å². The number of rotatable bonds is 3. The lowest BCUT2D eigenvalue weighted by Crippen LogP contribution is -2.38. The van der Waals surface area contributed by atoms with E-state index in [1.54, 1.807) is 20.8 Å². The van der Waals surface area contributed by atoms with Crippen molar-refractivity contribution in [2.45, 2.75) is 32.4 Å². The lowest BCUT2D eigenvalue weighted by Gasteiger charge is -2.22. The Labute approximate surface area is 126 Å². The van der Waals surface area contributed by atoms with Gasteiger partial charge in [0.1, 0.15) is 5.60 Å². The average molecular weight is 320 g/mol. The van der Waals surface area contributed by atoms with Crippen LogP contribution in [-0.4, -0.2) is 22.8 Å². The van der Waals surface area contributed by atoms with Gasteiger partial charge in [0, 0.05) is 10.0 Å². The van der Waals surface area contributed by atoms with Crippen LogP contribution < -0.4 is 5.32 Å². The largest absolute Gasteiger partial charge is 0.479 e. The van der Waals surface area contributed by atoms with Crippen LogP contribution >= 0.6 is 23.2 Å². The van der Waals surface area contributed by atoms with Gasteiger partial charge in [-0.25, -0.2) is 9.59 Å². The molecular weight excluding hydrogens is 305 g/mol. The lowest BCUT2D eigenvalue weighted by molar-refractivity contribution is -0.139. The van der Waals surface area contributed by atoms with Crippen molar-refractivity contribution in [1.82, 2.24) is 5.32 Å². The van der Waals surface area contributed by atoms with Crippen molar-refractivity contribution in [2.24, 2.45) is 0 Å². The number of ether oxygens (including phenoxy) is 1. The molecule has 5 nitrogen and oxygen atoms in total. The SMILES string of the molecule is CC(C)(C)OC(=O)N[C@@H](C(=O)O)c1cc(Cl)cc(Cl)c1. The highest BCUT2D eigenvalue weighted by Crippen LogP contribution is 2.24. The highest BCUT2D eigenvalue weighted by atomic mass is 35.5. The quantitative estimate of drug-likeness (QED) is 0.891. The van der Waals surface area contributed by atoms with E-state index >= 15 is 0 Å². The zero-order valence-corrected chi connectivity index (χ0v) is 12.7. The number of hydrogen-bond donors (Lipinski definition) is 2. The Morgan fingerprint density at radius 2 is 1.70 bits per heavy atom. The fraction of sp³-hybridized carbons (Fsp3) is 0.385. The second-order valence-corrected chi connectivity index (χ2v) is 5.99. The van der Waals surface area contributed by atoms with E-state index in [9.17, 15) is 14.7 Å². The molecule has 0 aliphatic heterocycles. The third-order valence-corrected chi connectivity index (χ3v) is 2.56. The molecule has 110 valence electrons. The van der Waals surface area contributed by atoms with Crippen LogP contribution in [0.5, 0.6) is 0 Å². The Kier molecular flexibility index (Phi) is 5.25. The molecule has 0 bridgehead atoms. The van der Waals surface area contributed by atoms with Crippen LogP contribution in [0.25, 0.3) is 0 Å². The molecule has 20 heavy (non-hydrogen) atoms. The summed E-state index contributed by atoms with van der Waals surface area (Å²) >= 11 is 11.6. The van der Waals surface area contributed by atoms with Gasteiger partial charge in [-0.05, 0) is 44.5 Å². The summed E-state index contributed by atoms with van der Waals surface area (Å²) in [6.07, 6.45) is -0.832. The van der Waals surface area contributed by atoms with Crippen LogP contribution in [0.4, 0.5) is 4.79 Å². The van der Waals surface area contributed by atoms with Gasteiger partial charge in [0.2, 0.25) is 0 Å². The van der Waals surface area contributed by atoms with Crippen LogP contribution in [0.15, 0.2) is 18.2 Å². The molecule has 0 spiro atoms. The van der Waals surface area contributed by atoms with Crippen molar-refractivity contribution in [2.75, 3.05) is 0 Å². The number of aliphatic carboxylic acids is 1. The zero-order chi connectivity index (χ0) is 15.5. The smallest absolute Gasteiger partial charge is 0.408 e. The Balaban J connectivity index is 2.95. The standard InChI is InChI=1S/C13H15Cl2NO4/c1-13(2,3)20-12(19)16-10(11(17)18)7-4-8(14)6-9(15)5-7/h4-6,10H,1-3H3,(H,16,19)(H,17,18)/t10-/m1/s1. The van der Waals surface area contributed by atoms with E-state index in [1.165, 1.54) is 18.2 Å². The van der Waals surface area contributed by atoms with Gasteiger partial charge in [-0.3, -0.25) is 0 Å². The number of alkyl carbamates (subject to hydrolysis) is 1. The number of carbonyl (C=O) groups excluding carboxylic acids is 1. The zero-order valence-electron chi connectivity index (χ0n) is 11.2. The molecule has 1 amide bonds. The van der Waals surface area contributed by atoms with Crippen LogP contribution in [-0.2, 0) is 9.53 Å². The Morgan fingerprint density at radius 3 is 2.10 bits per heavy atom. The summed E-state index contributed by atoms with van der Waals surface area (Å²) in [5.74, 6) is -1.24. The summed E-state index contributed by atoms with van der Waals surface area (Å²) in [5.41, 5.74) is -0.458. The van der Waals surface area contributed by atoms with Gasteiger partial charge in [0.15, 0.2) is 6.04 Å². The Bertz CT molecular complexity index is 505. The number of amides is 1. The topological polar surface area (TPSA) is 75.6 Å². The fourth-order valence-corrected chi connectivity index (χ4v) is 2.00. The molecule has 0 aromatic heterocycles. The third-order valence-electron chi connectivity index (χ3n) is 2.13. The predicted octanol–water partition coefficient (Wildman–Crippen LogP) is 3.64. The minimum atomic E-state index is -1.29. The highest BCUT2D eigenvalue weighted by Gasteiger charge is 2.25. The first-order valence-electron chi connectivity index (χ1n) is 5.77. The van der Waals surface area contributed by atoms with Crippen molar-refractivity contribution in [3.8, 4) is 0 Å². The van der Waals surface area contributed by atoms with Gasteiger partial charge in [-0.15, -0.1) is 0 Å². The fourth-order valence-electron chi connectivity index (χ4n) is 1.45. The monoisotopic (exact) mass is 319 g/mol. The first-order valence-corrected chi connectivity index (χ1v) is 6.52.